The van der Waals surface area contributed by atoms with Crippen LogP contribution < -0.4 is 5.32 Å². The molecule has 1 aliphatic carbocycles. The molecule has 1 aliphatic heterocycles. The van der Waals surface area contributed by atoms with Gasteiger partial charge in [-0.3, -0.25) is 10.2 Å². The van der Waals surface area contributed by atoms with Crippen molar-refractivity contribution >= 4 is 0 Å². The van der Waals surface area contributed by atoms with Crippen LogP contribution in [0.15, 0.2) is 30.3 Å². The molecule has 0 unspecified atom stereocenters. The van der Waals surface area contributed by atoms with Crippen LogP contribution in [-0.2, 0) is 0 Å². The van der Waals surface area contributed by atoms with E-state index in [1.165, 1.54) is 31.2 Å². The summed E-state index contributed by atoms with van der Waals surface area (Å²) in [5.41, 5.74) is 1.18. The van der Waals surface area contributed by atoms with E-state index in [9.17, 15) is 5.26 Å². The van der Waals surface area contributed by atoms with Crippen molar-refractivity contribution in [2.45, 2.75) is 75.9 Å². The van der Waals surface area contributed by atoms with Gasteiger partial charge < -0.3 is 0 Å². The maximum absolute atomic E-state index is 9.69. The fourth-order valence-electron chi connectivity index (χ4n) is 4.72. The summed E-state index contributed by atoms with van der Waals surface area (Å²) in [6.07, 6.45) is 7.19. The van der Waals surface area contributed by atoms with Gasteiger partial charge in [-0.25, -0.2) is 0 Å². The number of nitriles is 1. The first-order valence-corrected chi connectivity index (χ1v) is 9.61. The van der Waals surface area contributed by atoms with Gasteiger partial charge in [0.25, 0.3) is 0 Å². The molecule has 1 aromatic carbocycles. The number of hydrogen-bond acceptors (Lipinski definition) is 3. The van der Waals surface area contributed by atoms with E-state index in [0.29, 0.717) is 18.0 Å². The van der Waals surface area contributed by atoms with Crippen LogP contribution in [0.1, 0.15) is 63.9 Å². The third-order valence-electron chi connectivity index (χ3n) is 5.86. The normalized spacial score (nSPS) is 27.8. The van der Waals surface area contributed by atoms with E-state index >= 15 is 0 Å². The number of nitrogens with one attached hydrogen (secondary N) is 1. The van der Waals surface area contributed by atoms with Crippen molar-refractivity contribution in [1.29, 1.82) is 5.26 Å². The highest BCUT2D eigenvalue weighted by atomic mass is 15.2. The van der Waals surface area contributed by atoms with Crippen molar-refractivity contribution < 1.29 is 0 Å². The zero-order valence-corrected chi connectivity index (χ0v) is 15.2. The summed E-state index contributed by atoms with van der Waals surface area (Å²) in [4.78, 5) is 2.68. The molecule has 1 N–H and O–H groups in total. The second-order valence-electron chi connectivity index (χ2n) is 7.90. The molecule has 1 saturated heterocycles. The van der Waals surface area contributed by atoms with Crippen LogP contribution in [0.4, 0.5) is 0 Å². The molecule has 0 spiro atoms. The smallest absolute Gasteiger partial charge is 0.109 e. The van der Waals surface area contributed by atoms with Gasteiger partial charge in [0.1, 0.15) is 5.54 Å². The highest BCUT2D eigenvalue weighted by Crippen LogP contribution is 2.38. The summed E-state index contributed by atoms with van der Waals surface area (Å²) in [5.74, 6) is 0.660. The van der Waals surface area contributed by atoms with Gasteiger partial charge in [-0.1, -0.05) is 43.2 Å². The quantitative estimate of drug-likeness (QED) is 0.907. The molecule has 0 bridgehead atoms. The molecular formula is C21H31N3. The van der Waals surface area contributed by atoms with Crippen LogP contribution in [-0.4, -0.2) is 35.6 Å². The SMILES string of the molecule is CC(C)NC1(C#N)CCN([C@@H]2CCCC[C@@H]2c2ccccc2)CC1. The van der Waals surface area contributed by atoms with E-state index in [0.717, 1.165) is 25.9 Å². The van der Waals surface area contributed by atoms with Crippen molar-refractivity contribution in [3.8, 4) is 6.07 Å². The summed E-state index contributed by atoms with van der Waals surface area (Å²) in [6, 6.07) is 14.6. The molecule has 1 heterocycles. The third-order valence-corrected chi connectivity index (χ3v) is 5.86. The molecular weight excluding hydrogens is 294 g/mol. The van der Waals surface area contributed by atoms with Gasteiger partial charge in [0.15, 0.2) is 0 Å². The monoisotopic (exact) mass is 325 g/mol. The molecule has 2 aliphatic rings. The van der Waals surface area contributed by atoms with Gasteiger partial charge >= 0.3 is 0 Å². The van der Waals surface area contributed by atoms with Gasteiger partial charge in [0, 0.05) is 25.2 Å². The molecule has 2 atom stereocenters. The summed E-state index contributed by atoms with van der Waals surface area (Å²) in [5, 5.41) is 13.2. The average Bonchev–Trinajstić information content (AvgIpc) is 2.62. The second kappa shape index (κ2) is 7.68. The summed E-state index contributed by atoms with van der Waals surface area (Å²) in [7, 11) is 0. The lowest BCUT2D eigenvalue weighted by Gasteiger charge is -2.46. The van der Waals surface area contributed by atoms with Gasteiger partial charge in [0.05, 0.1) is 6.07 Å². The van der Waals surface area contributed by atoms with Crippen LogP contribution in [0, 0.1) is 11.3 Å². The Morgan fingerprint density at radius 3 is 2.42 bits per heavy atom. The Labute approximate surface area is 147 Å². The Kier molecular flexibility index (Phi) is 5.58. The molecule has 130 valence electrons. The number of piperidine rings is 1. The van der Waals surface area contributed by atoms with Crippen LogP contribution in [0.5, 0.6) is 0 Å². The first kappa shape index (κ1) is 17.5. The molecule has 1 aromatic rings. The Morgan fingerprint density at radius 2 is 1.79 bits per heavy atom. The number of hydrogen-bond donors (Lipinski definition) is 1. The van der Waals surface area contributed by atoms with Crippen molar-refractivity contribution in [3.63, 3.8) is 0 Å². The minimum absolute atomic E-state index is 0.318. The van der Waals surface area contributed by atoms with Gasteiger partial charge in [-0.2, -0.15) is 5.26 Å². The van der Waals surface area contributed by atoms with E-state index in [1.807, 2.05) is 0 Å². The Balaban J connectivity index is 1.69. The molecule has 2 fully saturated rings. The third kappa shape index (κ3) is 3.82. The Bertz CT molecular complexity index is 552. The van der Waals surface area contributed by atoms with Crippen LogP contribution in [0.25, 0.3) is 0 Å². The Morgan fingerprint density at radius 1 is 1.12 bits per heavy atom. The van der Waals surface area contributed by atoms with E-state index in [-0.39, 0.29) is 5.54 Å². The minimum Gasteiger partial charge on any atom is -0.300 e. The van der Waals surface area contributed by atoms with E-state index < -0.39 is 0 Å². The summed E-state index contributed by atoms with van der Waals surface area (Å²) >= 11 is 0. The lowest BCUT2D eigenvalue weighted by Crippen LogP contribution is -2.57. The number of benzene rings is 1. The van der Waals surface area contributed by atoms with Crippen molar-refractivity contribution in [2.75, 3.05) is 13.1 Å². The molecule has 0 amide bonds. The summed E-state index contributed by atoms with van der Waals surface area (Å²) in [6.45, 7) is 6.36. The predicted octanol–water partition coefficient (Wildman–Crippen LogP) is 4.07. The van der Waals surface area contributed by atoms with Crippen molar-refractivity contribution in [3.05, 3.63) is 35.9 Å². The largest absolute Gasteiger partial charge is 0.300 e. The van der Waals surface area contributed by atoms with E-state index in [4.69, 9.17) is 0 Å². The average molecular weight is 326 g/mol. The first-order valence-electron chi connectivity index (χ1n) is 9.61. The molecule has 3 heteroatoms. The zero-order valence-electron chi connectivity index (χ0n) is 15.2. The highest BCUT2D eigenvalue weighted by molar-refractivity contribution is 5.22. The van der Waals surface area contributed by atoms with Crippen LogP contribution >= 0.6 is 0 Å². The maximum atomic E-state index is 9.69. The molecule has 0 aromatic heterocycles. The molecule has 0 radical (unpaired) electrons. The standard InChI is InChI=1S/C21H31N3/c1-17(2)23-21(16-22)12-14-24(15-13-21)20-11-7-6-10-19(20)18-8-4-3-5-9-18/h3-5,8-9,17,19-20,23H,6-7,10-15H2,1-2H3/t19-,20-/m1/s1. The minimum atomic E-state index is -0.318. The molecule has 3 nitrogen and oxygen atoms in total. The highest BCUT2D eigenvalue weighted by Gasteiger charge is 2.39. The Hall–Kier alpha value is -1.37. The summed E-state index contributed by atoms with van der Waals surface area (Å²) < 4.78 is 0. The second-order valence-corrected chi connectivity index (χ2v) is 7.90. The number of nitrogens with zero attached hydrogens (tertiary/aromatic N) is 2. The van der Waals surface area contributed by atoms with Gasteiger partial charge in [-0.15, -0.1) is 0 Å². The topological polar surface area (TPSA) is 39.1 Å². The van der Waals surface area contributed by atoms with Gasteiger partial charge in [0.2, 0.25) is 0 Å². The predicted molar refractivity (Wildman–Crippen MR) is 98.9 cm³/mol. The van der Waals surface area contributed by atoms with E-state index in [2.05, 4.69) is 60.5 Å². The number of rotatable bonds is 4. The van der Waals surface area contributed by atoms with Crippen molar-refractivity contribution in [1.82, 2.24) is 10.2 Å². The van der Waals surface area contributed by atoms with Crippen LogP contribution in [0.2, 0.25) is 0 Å². The fourth-order valence-corrected chi connectivity index (χ4v) is 4.72. The molecule has 24 heavy (non-hydrogen) atoms. The van der Waals surface area contributed by atoms with Crippen molar-refractivity contribution in [2.24, 2.45) is 0 Å². The van der Waals surface area contributed by atoms with E-state index in [1.54, 1.807) is 0 Å². The number of likely N-dealkylation sites (tertiary alicyclic amines) is 1. The lowest BCUT2D eigenvalue weighted by molar-refractivity contribution is 0.0829. The maximum Gasteiger partial charge on any atom is 0.109 e. The van der Waals surface area contributed by atoms with Gasteiger partial charge in [-0.05, 0) is 51.0 Å². The molecule has 3 rings (SSSR count). The molecule has 1 saturated carbocycles. The zero-order chi connectivity index (χ0) is 17.0. The van der Waals surface area contributed by atoms with Crippen LogP contribution in [0.3, 0.4) is 0 Å². The lowest BCUT2D eigenvalue weighted by atomic mass is 9.77. The first-order chi connectivity index (χ1) is 11.6. The fraction of sp³-hybridized carbons (Fsp3) is 0.667.